The maximum Gasteiger partial charge on any atom is 0.309 e. The molecule has 0 fully saturated rings. The van der Waals surface area contributed by atoms with Crippen LogP contribution in [-0.2, 0) is 11.2 Å². The average Bonchev–Trinajstić information content (AvgIpc) is 2.58. The number of aromatic amines is 1. The number of carbonyl (C=O) groups is 1. The molecule has 0 aliphatic rings. The van der Waals surface area contributed by atoms with Gasteiger partial charge >= 0.3 is 5.97 Å². The number of H-pyrrole nitrogens is 1. The zero-order chi connectivity index (χ0) is 13.3. The molecule has 0 aliphatic carbocycles. The molecule has 0 atom stereocenters. The number of hydrogen-bond donors (Lipinski definition) is 2. The monoisotopic (exact) mass is 316 g/mol. The minimum Gasteiger partial charge on any atom is -0.481 e. The van der Waals surface area contributed by atoms with Crippen LogP contribution in [0, 0.1) is 11.6 Å². The highest BCUT2D eigenvalue weighted by Crippen LogP contribution is 2.27. The number of halogens is 3. The van der Waals surface area contributed by atoms with Crippen molar-refractivity contribution in [3.05, 3.63) is 40.3 Å². The van der Waals surface area contributed by atoms with Gasteiger partial charge in [-0.3, -0.25) is 4.79 Å². The smallest absolute Gasteiger partial charge is 0.309 e. The number of nitrogens with zero attached hydrogens (tertiary/aromatic N) is 1. The van der Waals surface area contributed by atoms with Gasteiger partial charge in [-0.25, -0.2) is 13.8 Å². The van der Waals surface area contributed by atoms with Crippen molar-refractivity contribution in [1.29, 1.82) is 0 Å². The molecular weight excluding hydrogens is 310 g/mol. The molecule has 1 aromatic carbocycles. The number of aliphatic carboxylic acids is 1. The predicted molar refractivity (Wildman–Crippen MR) is 63.0 cm³/mol. The van der Waals surface area contributed by atoms with Crippen LogP contribution in [0.5, 0.6) is 0 Å². The Morgan fingerprint density at radius 3 is 2.78 bits per heavy atom. The third kappa shape index (κ3) is 2.56. The van der Waals surface area contributed by atoms with Gasteiger partial charge in [0.25, 0.3) is 0 Å². The van der Waals surface area contributed by atoms with E-state index in [2.05, 4.69) is 25.9 Å². The van der Waals surface area contributed by atoms with Gasteiger partial charge in [-0.15, -0.1) is 0 Å². The van der Waals surface area contributed by atoms with Gasteiger partial charge in [0.1, 0.15) is 11.6 Å². The number of carboxylic acids is 1. The summed E-state index contributed by atoms with van der Waals surface area (Å²) in [6, 6.07) is 3.03. The fraction of sp³-hybridized carbons (Fsp3) is 0.0909. The molecular formula is C11H7BrF2N2O2. The number of nitrogens with one attached hydrogen (secondary N) is 1. The molecule has 0 spiro atoms. The summed E-state index contributed by atoms with van der Waals surface area (Å²) in [5, 5.41) is 8.74. The average molecular weight is 317 g/mol. The predicted octanol–water partition coefficient (Wildman–Crippen LogP) is 2.74. The topological polar surface area (TPSA) is 66.0 Å². The molecule has 0 saturated heterocycles. The van der Waals surface area contributed by atoms with Gasteiger partial charge < -0.3 is 10.1 Å². The molecule has 0 amide bonds. The number of carboxylic acid groups (broad SMARTS) is 1. The standard InChI is InChI=1S/C11H7BrF2N2O2/c12-11-15-8(4-9(17)18)10(16-11)6-2-1-5(13)3-7(6)14/h1-3H,4H2,(H,15,16)(H,17,18). The van der Waals surface area contributed by atoms with Gasteiger partial charge in [0, 0.05) is 11.6 Å². The van der Waals surface area contributed by atoms with E-state index in [0.717, 1.165) is 12.1 Å². The molecule has 18 heavy (non-hydrogen) atoms. The molecule has 0 radical (unpaired) electrons. The number of aromatic nitrogens is 2. The normalized spacial score (nSPS) is 10.6. The maximum atomic E-state index is 13.6. The van der Waals surface area contributed by atoms with Crippen LogP contribution in [0.25, 0.3) is 11.3 Å². The lowest BCUT2D eigenvalue weighted by atomic mass is 10.1. The van der Waals surface area contributed by atoms with Crippen LogP contribution in [0.4, 0.5) is 8.78 Å². The van der Waals surface area contributed by atoms with Gasteiger partial charge in [-0.2, -0.15) is 0 Å². The highest BCUT2D eigenvalue weighted by molar-refractivity contribution is 9.10. The van der Waals surface area contributed by atoms with E-state index in [1.165, 1.54) is 6.07 Å². The zero-order valence-corrected chi connectivity index (χ0v) is 10.5. The molecule has 0 bridgehead atoms. The van der Waals surface area contributed by atoms with E-state index in [-0.39, 0.29) is 28.1 Å². The van der Waals surface area contributed by atoms with Crippen LogP contribution in [0.1, 0.15) is 5.69 Å². The van der Waals surface area contributed by atoms with E-state index < -0.39 is 17.6 Å². The Hall–Kier alpha value is -1.76. The molecule has 4 nitrogen and oxygen atoms in total. The van der Waals surface area contributed by atoms with Crippen molar-refractivity contribution in [1.82, 2.24) is 9.97 Å². The second-order valence-electron chi connectivity index (χ2n) is 3.55. The summed E-state index contributed by atoms with van der Waals surface area (Å²) in [6.45, 7) is 0. The Morgan fingerprint density at radius 1 is 1.44 bits per heavy atom. The van der Waals surface area contributed by atoms with Crippen LogP contribution in [0.15, 0.2) is 22.9 Å². The summed E-state index contributed by atoms with van der Waals surface area (Å²) in [4.78, 5) is 17.3. The first-order valence-corrected chi connectivity index (χ1v) is 5.68. The lowest BCUT2D eigenvalue weighted by Gasteiger charge is -2.02. The molecule has 1 heterocycles. The first-order valence-electron chi connectivity index (χ1n) is 4.89. The molecule has 2 N–H and O–H groups in total. The van der Waals surface area contributed by atoms with Crippen molar-refractivity contribution in [2.24, 2.45) is 0 Å². The summed E-state index contributed by atoms with van der Waals surface area (Å²) in [5.74, 6) is -2.57. The Labute approximate surface area is 109 Å². The Bertz CT molecular complexity index is 613. The van der Waals surface area contributed by atoms with E-state index in [9.17, 15) is 13.6 Å². The third-order valence-electron chi connectivity index (χ3n) is 2.26. The maximum absolute atomic E-state index is 13.6. The summed E-state index contributed by atoms with van der Waals surface area (Å²) >= 11 is 3.05. The molecule has 94 valence electrons. The summed E-state index contributed by atoms with van der Waals surface area (Å²) < 4.78 is 26.7. The highest BCUT2D eigenvalue weighted by Gasteiger charge is 2.17. The molecule has 2 aromatic rings. The van der Waals surface area contributed by atoms with Gasteiger partial charge in [-0.1, -0.05) is 0 Å². The molecule has 0 aliphatic heterocycles. The molecule has 0 unspecified atom stereocenters. The number of rotatable bonds is 3. The number of benzene rings is 1. The molecule has 0 saturated carbocycles. The van der Waals surface area contributed by atoms with E-state index >= 15 is 0 Å². The van der Waals surface area contributed by atoms with Crippen molar-refractivity contribution < 1.29 is 18.7 Å². The first kappa shape index (κ1) is 12.7. The van der Waals surface area contributed by atoms with Crippen molar-refractivity contribution in [2.75, 3.05) is 0 Å². The lowest BCUT2D eigenvalue weighted by molar-refractivity contribution is -0.136. The first-order chi connectivity index (χ1) is 8.47. The van der Waals surface area contributed by atoms with E-state index in [4.69, 9.17) is 5.11 Å². The fourth-order valence-corrected chi connectivity index (χ4v) is 1.98. The van der Waals surface area contributed by atoms with Crippen LogP contribution >= 0.6 is 15.9 Å². The summed E-state index contributed by atoms with van der Waals surface area (Å²) in [6.07, 6.45) is -0.329. The van der Waals surface area contributed by atoms with Crippen LogP contribution < -0.4 is 0 Å². The van der Waals surface area contributed by atoms with E-state index in [1.54, 1.807) is 0 Å². The third-order valence-corrected chi connectivity index (χ3v) is 2.64. The van der Waals surface area contributed by atoms with Crippen molar-refractivity contribution >= 4 is 21.9 Å². The van der Waals surface area contributed by atoms with Crippen LogP contribution in [0.2, 0.25) is 0 Å². The van der Waals surface area contributed by atoms with Crippen LogP contribution in [0.3, 0.4) is 0 Å². The highest BCUT2D eigenvalue weighted by atomic mass is 79.9. The van der Waals surface area contributed by atoms with Crippen molar-refractivity contribution in [3.8, 4) is 11.3 Å². The van der Waals surface area contributed by atoms with Gasteiger partial charge in [-0.05, 0) is 28.1 Å². The van der Waals surface area contributed by atoms with Gasteiger partial charge in [0.05, 0.1) is 17.8 Å². The Kier molecular flexibility index (Phi) is 3.42. The minimum atomic E-state index is -1.07. The number of hydrogen-bond acceptors (Lipinski definition) is 2. The Morgan fingerprint density at radius 2 is 2.17 bits per heavy atom. The van der Waals surface area contributed by atoms with Crippen LogP contribution in [-0.4, -0.2) is 21.0 Å². The van der Waals surface area contributed by atoms with Gasteiger partial charge in [0.15, 0.2) is 4.73 Å². The quantitative estimate of drug-likeness (QED) is 0.915. The van der Waals surface area contributed by atoms with Crippen molar-refractivity contribution in [2.45, 2.75) is 6.42 Å². The van der Waals surface area contributed by atoms with Gasteiger partial charge in [0.2, 0.25) is 0 Å². The molecule has 2 rings (SSSR count). The second-order valence-corrected chi connectivity index (χ2v) is 4.30. The van der Waals surface area contributed by atoms with E-state index in [1.807, 2.05) is 0 Å². The summed E-state index contributed by atoms with van der Waals surface area (Å²) in [7, 11) is 0. The Balaban J connectivity index is 2.52. The summed E-state index contributed by atoms with van der Waals surface area (Å²) in [5.41, 5.74) is 0.455. The minimum absolute atomic E-state index is 0.0506. The second kappa shape index (κ2) is 4.85. The van der Waals surface area contributed by atoms with Crippen molar-refractivity contribution in [3.63, 3.8) is 0 Å². The zero-order valence-electron chi connectivity index (χ0n) is 8.88. The largest absolute Gasteiger partial charge is 0.481 e. The van der Waals surface area contributed by atoms with E-state index in [0.29, 0.717) is 0 Å². The lowest BCUT2D eigenvalue weighted by Crippen LogP contribution is -2.02. The number of imidazole rings is 1. The SMILES string of the molecule is O=C(O)Cc1[nH]c(Br)nc1-c1ccc(F)cc1F. The molecule has 1 aromatic heterocycles. The fourth-order valence-electron chi connectivity index (χ4n) is 1.56. The molecule has 7 heteroatoms.